The van der Waals surface area contributed by atoms with Crippen molar-refractivity contribution >= 4 is 33.4 Å². The van der Waals surface area contributed by atoms with Crippen LogP contribution in [-0.2, 0) is 0 Å². The number of hydrogen-bond donors (Lipinski definition) is 1. The minimum atomic E-state index is -0.609. The summed E-state index contributed by atoms with van der Waals surface area (Å²) >= 11 is 0. The molecule has 40 heavy (non-hydrogen) atoms. The van der Waals surface area contributed by atoms with Crippen molar-refractivity contribution in [3.8, 4) is 23.6 Å². The van der Waals surface area contributed by atoms with Crippen molar-refractivity contribution in [1.29, 1.82) is 0 Å². The summed E-state index contributed by atoms with van der Waals surface area (Å²) in [4.78, 5) is 24.9. The summed E-state index contributed by atoms with van der Waals surface area (Å²) in [6, 6.07) is 3.21. The fourth-order valence-electron chi connectivity index (χ4n) is 5.72. The van der Waals surface area contributed by atoms with E-state index in [4.69, 9.17) is 16.4 Å². The summed E-state index contributed by atoms with van der Waals surface area (Å²) in [5, 5.41) is 5.11. The van der Waals surface area contributed by atoms with E-state index in [0.717, 1.165) is 45.7 Å². The minimum Gasteiger partial charge on any atom is -0.357 e. The molecule has 10 heteroatoms. The largest absolute Gasteiger partial charge is 0.357 e. The first-order valence-electron chi connectivity index (χ1n) is 13.7. The Labute approximate surface area is 232 Å². The molecular formula is C30H32F2N8. The van der Waals surface area contributed by atoms with Gasteiger partial charge >= 0.3 is 0 Å². The zero-order valence-electron chi connectivity index (χ0n) is 22.8. The number of anilines is 2. The molecule has 1 aromatic carbocycles. The normalized spacial score (nSPS) is 18.3. The summed E-state index contributed by atoms with van der Waals surface area (Å²) in [5.41, 5.74) is 0.573. The first kappa shape index (κ1) is 26.3. The average Bonchev–Trinajstić information content (AvgIpc) is 2.97. The quantitative estimate of drug-likeness (QED) is 0.382. The first-order valence-corrected chi connectivity index (χ1v) is 13.7. The van der Waals surface area contributed by atoms with Gasteiger partial charge in [0, 0.05) is 80.7 Å². The Balaban J connectivity index is 1.52. The average molecular weight is 543 g/mol. The van der Waals surface area contributed by atoms with Crippen LogP contribution in [0.1, 0.15) is 24.8 Å². The molecule has 0 spiro atoms. The number of benzene rings is 1. The fraction of sp³-hybridized carbons (Fsp3) is 0.400. The molecule has 8 nitrogen and oxygen atoms in total. The van der Waals surface area contributed by atoms with E-state index in [1.807, 2.05) is 7.05 Å². The molecule has 0 unspecified atom stereocenters. The van der Waals surface area contributed by atoms with Crippen molar-refractivity contribution in [3.05, 3.63) is 47.9 Å². The molecule has 5 heterocycles. The Morgan fingerprint density at radius 2 is 1.93 bits per heavy atom. The second-order valence-corrected chi connectivity index (χ2v) is 10.7. The van der Waals surface area contributed by atoms with Gasteiger partial charge in [-0.15, -0.1) is 6.42 Å². The number of aromatic nitrogens is 4. The third-order valence-electron chi connectivity index (χ3n) is 7.98. The van der Waals surface area contributed by atoms with Crippen LogP contribution in [0.3, 0.4) is 0 Å². The van der Waals surface area contributed by atoms with Crippen LogP contribution >= 0.6 is 0 Å². The van der Waals surface area contributed by atoms with Crippen LogP contribution in [0.15, 0.2) is 30.7 Å². The Hall–Kier alpha value is -3.94. The smallest absolute Gasteiger partial charge is 0.228 e. The van der Waals surface area contributed by atoms with Gasteiger partial charge in [-0.2, -0.15) is 4.98 Å². The van der Waals surface area contributed by atoms with Crippen molar-refractivity contribution in [3.63, 3.8) is 0 Å². The van der Waals surface area contributed by atoms with E-state index < -0.39 is 11.6 Å². The second kappa shape index (κ2) is 10.9. The third kappa shape index (κ3) is 4.80. The number of rotatable bonds is 5. The third-order valence-corrected chi connectivity index (χ3v) is 7.98. The maximum absolute atomic E-state index is 16.5. The zero-order valence-corrected chi connectivity index (χ0v) is 22.8. The molecule has 206 valence electrons. The van der Waals surface area contributed by atoms with Gasteiger partial charge < -0.3 is 20.0 Å². The number of piperidine rings is 1. The summed E-state index contributed by atoms with van der Waals surface area (Å²) < 4.78 is 31.2. The molecule has 3 aromatic heterocycles. The Bertz CT molecular complexity index is 1600. The van der Waals surface area contributed by atoms with Crippen molar-refractivity contribution < 1.29 is 8.78 Å². The van der Waals surface area contributed by atoms with Crippen LogP contribution in [0.5, 0.6) is 0 Å². The fourth-order valence-corrected chi connectivity index (χ4v) is 5.72. The molecule has 2 saturated heterocycles. The molecular weight excluding hydrogens is 510 g/mol. The predicted molar refractivity (Wildman–Crippen MR) is 155 cm³/mol. The Morgan fingerprint density at radius 1 is 1.10 bits per heavy atom. The molecule has 6 rings (SSSR count). The monoisotopic (exact) mass is 542 g/mol. The highest BCUT2D eigenvalue weighted by Crippen LogP contribution is 2.36. The van der Waals surface area contributed by atoms with E-state index in [0.29, 0.717) is 39.5 Å². The molecule has 4 aromatic rings. The van der Waals surface area contributed by atoms with Crippen molar-refractivity contribution in [1.82, 2.24) is 30.2 Å². The van der Waals surface area contributed by atoms with Crippen LogP contribution in [0.4, 0.5) is 20.5 Å². The Morgan fingerprint density at radius 3 is 2.67 bits per heavy atom. The molecule has 0 aliphatic carbocycles. The number of likely N-dealkylation sites (N-methyl/N-ethyl adjacent to an activating group) is 2. The van der Waals surface area contributed by atoms with Crippen LogP contribution in [0.2, 0.25) is 0 Å². The highest BCUT2D eigenvalue weighted by atomic mass is 19.1. The van der Waals surface area contributed by atoms with E-state index in [9.17, 15) is 4.39 Å². The number of nitrogens with one attached hydrogen (secondary N) is 1. The van der Waals surface area contributed by atoms with Crippen molar-refractivity contribution in [2.45, 2.75) is 25.3 Å². The first-order chi connectivity index (χ1) is 19.4. The van der Waals surface area contributed by atoms with Crippen LogP contribution in [-0.4, -0.2) is 84.2 Å². The summed E-state index contributed by atoms with van der Waals surface area (Å²) in [5.74, 6) is 2.38. The van der Waals surface area contributed by atoms with Crippen LogP contribution < -0.4 is 15.1 Å². The van der Waals surface area contributed by atoms with E-state index >= 15 is 4.39 Å². The van der Waals surface area contributed by atoms with Gasteiger partial charge in [-0.3, -0.25) is 9.97 Å². The van der Waals surface area contributed by atoms with Gasteiger partial charge in [0.1, 0.15) is 22.8 Å². The summed E-state index contributed by atoms with van der Waals surface area (Å²) in [7, 11) is 4.06. The van der Waals surface area contributed by atoms with Gasteiger partial charge in [0.05, 0.1) is 10.9 Å². The lowest BCUT2D eigenvalue weighted by atomic mass is 9.98. The van der Waals surface area contributed by atoms with Crippen LogP contribution in [0, 0.1) is 24.0 Å². The lowest BCUT2D eigenvalue weighted by molar-refractivity contribution is 0.311. The molecule has 0 bridgehead atoms. The number of halogens is 2. The maximum Gasteiger partial charge on any atom is 0.228 e. The van der Waals surface area contributed by atoms with E-state index in [1.54, 1.807) is 18.5 Å². The lowest BCUT2D eigenvalue weighted by Gasteiger charge is -2.33. The summed E-state index contributed by atoms with van der Waals surface area (Å²) in [6.07, 6.45) is 13.8. The van der Waals surface area contributed by atoms with Gasteiger partial charge in [-0.1, -0.05) is 12.3 Å². The number of pyridine rings is 2. The number of terminal acetylenes is 1. The second-order valence-electron chi connectivity index (χ2n) is 10.7. The van der Waals surface area contributed by atoms with E-state index in [1.165, 1.54) is 25.1 Å². The molecule has 1 N–H and O–H groups in total. The standard InChI is InChI=1S/C30H32F2N8/c1-4-21-24(31)9-8-19-15-33-16-22(25(19)21)27-26(32)28-23(17-35-27)29(39(3)18-20-7-5-6-10-34-20)37-30(36-28)40-13-11-38(2)12-14-40/h1,8-9,15-17,20,34H,5-7,10-14,18H2,2-3H3/t20-/m0/s1. The zero-order chi connectivity index (χ0) is 27.8. The SMILES string of the molecule is C#Cc1c(F)ccc2cncc(-c3ncc4c(N(C)C[C@@H]5CCCCN5)nc(N5CCN(C)CC5)nc4c3F)c12. The van der Waals surface area contributed by atoms with Crippen LogP contribution in [0.25, 0.3) is 32.9 Å². The van der Waals surface area contributed by atoms with Gasteiger partial charge in [0.25, 0.3) is 0 Å². The highest BCUT2D eigenvalue weighted by molar-refractivity contribution is 6.01. The van der Waals surface area contributed by atoms with Gasteiger partial charge in [0.2, 0.25) is 5.95 Å². The van der Waals surface area contributed by atoms with Gasteiger partial charge in [-0.05, 0) is 38.6 Å². The van der Waals surface area contributed by atoms with E-state index in [2.05, 4.69) is 43.0 Å². The number of hydrogen-bond acceptors (Lipinski definition) is 8. The Kier molecular flexibility index (Phi) is 7.17. The predicted octanol–water partition coefficient (Wildman–Crippen LogP) is 3.83. The van der Waals surface area contributed by atoms with Gasteiger partial charge in [0.15, 0.2) is 5.82 Å². The maximum atomic E-state index is 16.5. The number of fused-ring (bicyclic) bond motifs is 2. The highest BCUT2D eigenvalue weighted by Gasteiger charge is 2.25. The van der Waals surface area contributed by atoms with Gasteiger partial charge in [-0.25, -0.2) is 13.8 Å². The molecule has 0 amide bonds. The molecule has 1 atom stereocenters. The lowest BCUT2D eigenvalue weighted by Crippen LogP contribution is -2.45. The number of piperazine rings is 1. The molecule has 2 aliphatic heterocycles. The van der Waals surface area contributed by atoms with E-state index in [-0.39, 0.29) is 16.8 Å². The summed E-state index contributed by atoms with van der Waals surface area (Å²) in [6.45, 7) is 4.94. The van der Waals surface area contributed by atoms with Crippen molar-refractivity contribution in [2.24, 2.45) is 0 Å². The molecule has 2 aliphatic rings. The molecule has 0 saturated carbocycles. The topological polar surface area (TPSA) is 73.3 Å². The number of nitrogens with zero attached hydrogens (tertiary/aromatic N) is 7. The van der Waals surface area contributed by atoms with Crippen molar-refractivity contribution in [2.75, 3.05) is 63.2 Å². The molecule has 0 radical (unpaired) electrons. The molecule has 2 fully saturated rings. The minimum absolute atomic E-state index is 0.0262.